The number of Topliss-reactive ketones (excluding diaryl/α,β-unsaturated/α-hetero) is 1. The van der Waals surface area contributed by atoms with Crippen molar-refractivity contribution >= 4 is 34.6 Å². The van der Waals surface area contributed by atoms with Crippen LogP contribution in [0, 0.1) is 0 Å². The largest absolute Gasteiger partial charge is 0.573 e. The average Bonchev–Trinajstić information content (AvgIpc) is 2.86. The number of rotatable bonds is 3. The number of ether oxygens (including phenoxy) is 1. The first-order valence-electron chi connectivity index (χ1n) is 7.46. The fourth-order valence-corrected chi connectivity index (χ4v) is 3.30. The molecule has 0 saturated heterocycles. The molecule has 0 aromatic heterocycles. The van der Waals surface area contributed by atoms with Crippen molar-refractivity contribution in [2.75, 3.05) is 0 Å². The first-order chi connectivity index (χ1) is 12.2. The number of aliphatic hydroxyl groups excluding tert-OH is 1. The fraction of sp³-hybridized carbons (Fsp3) is 0.167. The molecule has 3 rings (SSSR count). The van der Waals surface area contributed by atoms with E-state index in [4.69, 9.17) is 23.2 Å². The molecule has 136 valence electrons. The van der Waals surface area contributed by atoms with Gasteiger partial charge < -0.3 is 9.84 Å². The predicted octanol–water partition coefficient (Wildman–Crippen LogP) is 6.19. The summed E-state index contributed by atoms with van der Waals surface area (Å²) in [6.07, 6.45) is -4.84. The van der Waals surface area contributed by atoms with Gasteiger partial charge >= 0.3 is 6.36 Å². The van der Waals surface area contributed by atoms with E-state index in [2.05, 4.69) is 4.74 Å². The second-order valence-electron chi connectivity index (χ2n) is 5.63. The summed E-state index contributed by atoms with van der Waals surface area (Å²) in [4.78, 5) is 12.1. The van der Waals surface area contributed by atoms with Crippen molar-refractivity contribution in [2.24, 2.45) is 0 Å². The summed E-state index contributed by atoms with van der Waals surface area (Å²) in [6, 6.07) is 8.51. The molecule has 26 heavy (non-hydrogen) atoms. The molecule has 0 unspecified atom stereocenters. The molecule has 1 aliphatic rings. The van der Waals surface area contributed by atoms with Crippen LogP contribution in [0.5, 0.6) is 5.75 Å². The van der Waals surface area contributed by atoms with Crippen molar-refractivity contribution in [3.63, 3.8) is 0 Å². The van der Waals surface area contributed by atoms with Crippen molar-refractivity contribution in [1.82, 2.24) is 0 Å². The van der Waals surface area contributed by atoms with E-state index in [1.807, 2.05) is 0 Å². The third kappa shape index (κ3) is 3.81. The number of hydrogen-bond donors (Lipinski definition) is 1. The molecule has 1 N–H and O–H groups in total. The zero-order valence-corrected chi connectivity index (χ0v) is 14.5. The van der Waals surface area contributed by atoms with Gasteiger partial charge in [-0.1, -0.05) is 35.3 Å². The molecule has 3 nitrogen and oxygen atoms in total. The second kappa shape index (κ2) is 6.85. The summed E-state index contributed by atoms with van der Waals surface area (Å²) in [6.45, 7) is 0. The Bertz CT molecular complexity index is 920. The van der Waals surface area contributed by atoms with Crippen molar-refractivity contribution in [1.29, 1.82) is 0 Å². The van der Waals surface area contributed by atoms with E-state index in [9.17, 15) is 23.1 Å². The van der Waals surface area contributed by atoms with Gasteiger partial charge in [0, 0.05) is 34.0 Å². The maximum absolute atomic E-state index is 12.7. The number of aliphatic hydroxyl groups is 1. The van der Waals surface area contributed by atoms with Crippen LogP contribution in [0.2, 0.25) is 10.0 Å². The van der Waals surface area contributed by atoms with Crippen molar-refractivity contribution in [3.05, 3.63) is 57.8 Å². The monoisotopic (exact) mass is 402 g/mol. The Morgan fingerprint density at radius 2 is 1.73 bits per heavy atom. The maximum Gasteiger partial charge on any atom is 0.573 e. The molecule has 0 atom stereocenters. The van der Waals surface area contributed by atoms with Crippen molar-refractivity contribution in [3.8, 4) is 16.9 Å². The maximum atomic E-state index is 12.7. The molecule has 8 heteroatoms. The van der Waals surface area contributed by atoms with Crippen LogP contribution in [0.25, 0.3) is 16.7 Å². The van der Waals surface area contributed by atoms with Gasteiger partial charge in [0.25, 0.3) is 0 Å². The highest BCUT2D eigenvalue weighted by atomic mass is 35.5. The Hall–Kier alpha value is -2.18. The minimum atomic E-state index is -4.94. The summed E-state index contributed by atoms with van der Waals surface area (Å²) in [5, 5.41) is 10.7. The van der Waals surface area contributed by atoms with Crippen LogP contribution in [0.3, 0.4) is 0 Å². The van der Waals surface area contributed by atoms with Gasteiger partial charge in [0.05, 0.1) is 5.57 Å². The molecule has 0 saturated carbocycles. The van der Waals surface area contributed by atoms with E-state index in [1.54, 1.807) is 12.1 Å². The lowest BCUT2D eigenvalue weighted by atomic mass is 9.97. The zero-order chi connectivity index (χ0) is 19.1. The number of hydrogen-bond acceptors (Lipinski definition) is 3. The minimum Gasteiger partial charge on any atom is -0.512 e. The van der Waals surface area contributed by atoms with E-state index < -0.39 is 17.9 Å². The second-order valence-corrected chi connectivity index (χ2v) is 6.47. The number of benzene rings is 2. The van der Waals surface area contributed by atoms with Crippen LogP contribution in [0.4, 0.5) is 13.2 Å². The molecule has 2 aromatic carbocycles. The Morgan fingerprint density at radius 1 is 1.00 bits per heavy atom. The zero-order valence-electron chi connectivity index (χ0n) is 13.0. The normalized spacial score (nSPS) is 14.9. The van der Waals surface area contributed by atoms with Gasteiger partial charge in [0.15, 0.2) is 5.78 Å². The SMILES string of the molecule is O=C1CCC(O)=C1c1cc(-c2ccc(Cl)cc2Cl)ccc1OC(F)(F)F. The Balaban J connectivity index is 2.18. The van der Waals surface area contributed by atoms with Gasteiger partial charge in [-0.05, 0) is 29.8 Å². The third-order valence-electron chi connectivity index (χ3n) is 3.87. The van der Waals surface area contributed by atoms with Gasteiger partial charge in [-0.2, -0.15) is 0 Å². The molecule has 0 fully saturated rings. The van der Waals surface area contributed by atoms with Crippen molar-refractivity contribution in [2.45, 2.75) is 19.2 Å². The Kier molecular flexibility index (Phi) is 4.90. The number of ketones is 1. The molecular formula is C18H11Cl2F3O3. The number of carbonyl (C=O) groups excluding carboxylic acids is 1. The first-order valence-corrected chi connectivity index (χ1v) is 8.22. The van der Waals surface area contributed by atoms with Gasteiger partial charge in [0.2, 0.25) is 0 Å². The van der Waals surface area contributed by atoms with Gasteiger partial charge in [-0.3, -0.25) is 4.79 Å². The standard InChI is InChI=1S/C18H11Cl2F3O3/c19-10-2-3-11(13(20)8-10)9-1-6-16(26-18(21,22)23)12(7-9)17-14(24)4-5-15(17)25/h1-3,6-8,24H,4-5H2. The van der Waals surface area contributed by atoms with Crippen LogP contribution >= 0.6 is 23.2 Å². The van der Waals surface area contributed by atoms with Crippen molar-refractivity contribution < 1.29 is 27.8 Å². The molecule has 0 amide bonds. The molecule has 0 heterocycles. The lowest BCUT2D eigenvalue weighted by Crippen LogP contribution is -2.18. The van der Waals surface area contributed by atoms with Gasteiger partial charge in [-0.25, -0.2) is 0 Å². The summed E-state index contributed by atoms with van der Waals surface area (Å²) < 4.78 is 42.2. The minimum absolute atomic E-state index is 0.0263. The van der Waals surface area contributed by atoms with E-state index in [0.717, 1.165) is 6.07 Å². The number of halogens is 5. The molecule has 2 aromatic rings. The van der Waals surface area contributed by atoms with Gasteiger partial charge in [-0.15, -0.1) is 13.2 Å². The van der Waals surface area contributed by atoms with E-state index in [-0.39, 0.29) is 29.7 Å². The fourth-order valence-electron chi connectivity index (χ4n) is 2.78. The highest BCUT2D eigenvalue weighted by Crippen LogP contribution is 2.40. The average molecular weight is 403 g/mol. The summed E-state index contributed by atoms with van der Waals surface area (Å²) in [7, 11) is 0. The molecule has 1 aliphatic carbocycles. The van der Waals surface area contributed by atoms with E-state index in [0.29, 0.717) is 21.2 Å². The van der Waals surface area contributed by atoms with Crippen LogP contribution in [0.1, 0.15) is 18.4 Å². The molecule has 0 bridgehead atoms. The highest BCUT2D eigenvalue weighted by Gasteiger charge is 2.34. The van der Waals surface area contributed by atoms with Crippen LogP contribution in [-0.2, 0) is 4.79 Å². The summed E-state index contributed by atoms with van der Waals surface area (Å²) in [5.41, 5.74) is 0.666. The molecule has 0 aliphatic heterocycles. The Labute approximate surface area is 156 Å². The quantitative estimate of drug-likeness (QED) is 0.665. The smallest absolute Gasteiger partial charge is 0.512 e. The number of allylic oxidation sites excluding steroid dienone is 2. The van der Waals surface area contributed by atoms with E-state index in [1.165, 1.54) is 18.2 Å². The van der Waals surface area contributed by atoms with Gasteiger partial charge in [0.1, 0.15) is 11.5 Å². The first kappa shape index (κ1) is 18.6. The number of alkyl halides is 3. The highest BCUT2D eigenvalue weighted by molar-refractivity contribution is 6.36. The van der Waals surface area contributed by atoms with E-state index >= 15 is 0 Å². The molecule has 0 radical (unpaired) electrons. The number of carbonyl (C=O) groups is 1. The van der Waals surface area contributed by atoms with Crippen LogP contribution in [-0.4, -0.2) is 17.3 Å². The summed E-state index contributed by atoms with van der Waals surface area (Å²) >= 11 is 12.0. The molecular weight excluding hydrogens is 392 g/mol. The molecule has 0 spiro atoms. The Morgan fingerprint density at radius 3 is 2.31 bits per heavy atom. The van der Waals surface area contributed by atoms with Crippen LogP contribution < -0.4 is 4.74 Å². The summed E-state index contributed by atoms with van der Waals surface area (Å²) in [5.74, 6) is -1.28. The predicted molar refractivity (Wildman–Crippen MR) is 92.4 cm³/mol. The lowest BCUT2D eigenvalue weighted by Gasteiger charge is -2.16. The lowest BCUT2D eigenvalue weighted by molar-refractivity contribution is -0.274. The topological polar surface area (TPSA) is 46.5 Å². The third-order valence-corrected chi connectivity index (χ3v) is 4.42. The van der Waals surface area contributed by atoms with Crippen LogP contribution in [0.15, 0.2) is 42.2 Å².